The largest absolute Gasteiger partial charge is 0.383 e. The number of hydrogen-bond acceptors (Lipinski definition) is 6. The Bertz CT molecular complexity index is 1550. The van der Waals surface area contributed by atoms with Crippen LogP contribution in [0.25, 0.3) is 22.0 Å². The molecule has 8 nitrogen and oxygen atoms in total. The minimum atomic E-state index is -0.528. The molecule has 4 aromatic rings. The van der Waals surface area contributed by atoms with Crippen LogP contribution in [0.2, 0.25) is 0 Å². The molecule has 37 heavy (non-hydrogen) atoms. The quantitative estimate of drug-likeness (QED) is 0.294. The summed E-state index contributed by atoms with van der Waals surface area (Å²) in [6, 6.07) is 14.6. The number of carbonyl (C=O) groups is 1. The van der Waals surface area contributed by atoms with E-state index in [0.717, 1.165) is 16.5 Å². The van der Waals surface area contributed by atoms with E-state index in [0.29, 0.717) is 28.4 Å². The maximum Gasteiger partial charge on any atom is 0.256 e. The number of aromatic amines is 1. The first-order chi connectivity index (χ1) is 17.8. The molecule has 1 amide bonds. The Kier molecular flexibility index (Phi) is 7.93. The molecule has 0 aliphatic rings. The summed E-state index contributed by atoms with van der Waals surface area (Å²) < 4.78 is 5.13. The van der Waals surface area contributed by atoms with Crippen molar-refractivity contribution in [2.75, 3.05) is 30.5 Å². The molecule has 0 spiro atoms. The molecule has 2 aromatic carbocycles. The second-order valence-corrected chi connectivity index (χ2v) is 8.33. The number of aromatic nitrogens is 3. The monoisotopic (exact) mass is 485 g/mol. The summed E-state index contributed by atoms with van der Waals surface area (Å²) >= 11 is 0. The molecule has 2 N–H and O–H groups in total. The van der Waals surface area contributed by atoms with Gasteiger partial charge in [-0.2, -0.15) is 5.37 Å². The minimum Gasteiger partial charge on any atom is -0.383 e. The fourth-order valence-electron chi connectivity index (χ4n) is 3.86. The van der Waals surface area contributed by atoms with Crippen LogP contribution in [0.4, 0.5) is 17.3 Å². The van der Waals surface area contributed by atoms with E-state index in [9.17, 15) is 9.59 Å². The molecule has 0 aliphatic carbocycles. The van der Waals surface area contributed by atoms with Gasteiger partial charge in [0.2, 0.25) is 11.9 Å². The van der Waals surface area contributed by atoms with Crippen molar-refractivity contribution in [3.8, 4) is 11.1 Å². The third-order valence-corrected chi connectivity index (χ3v) is 5.76. The first kappa shape index (κ1) is 26.0. The van der Waals surface area contributed by atoms with Gasteiger partial charge in [0.25, 0.3) is 5.56 Å². The summed E-state index contributed by atoms with van der Waals surface area (Å²) in [6.07, 6.45) is 3.32. The molecule has 0 atom stereocenters. The van der Waals surface area contributed by atoms with Crippen molar-refractivity contribution in [1.29, 1.82) is 0 Å². The zero-order valence-electron chi connectivity index (χ0n) is 20.5. The van der Waals surface area contributed by atoms with Crippen LogP contribution in [0.3, 0.4) is 0 Å². The van der Waals surface area contributed by atoms with Crippen LogP contribution in [0.15, 0.2) is 76.6 Å². The molecule has 4 rings (SSSR count). The Balaban J connectivity index is 1.61. The number of aryl methyl sites for hydroxylation is 1. The number of H-pyrrole nitrogens is 1. The molecule has 0 saturated carbocycles. The number of anilines is 3. The normalized spacial score (nSPS) is 10.8. The zero-order chi connectivity index (χ0) is 26.5. The van der Waals surface area contributed by atoms with Gasteiger partial charge in [-0.25, -0.2) is 9.97 Å². The standard InChI is InChI=1S/C26H22B3N5O3/c1-15-8-9-30-24(35)21(15)16-6-7-20-17(12-16)14-31-26(33-20)32-18-4-3-5-19(13-18)34(10-11-37-2)25(36)22(27)23(28)29/h3-9,12-14H,10-11H2,1-2H3,(H,30,35)(H,31,32,33). The average Bonchev–Trinajstić information content (AvgIpc) is 2.88. The molecule has 6 radical (unpaired) electrons. The van der Waals surface area contributed by atoms with E-state index in [2.05, 4.69) is 20.3 Å². The predicted octanol–water partition coefficient (Wildman–Crippen LogP) is 2.69. The second kappa shape index (κ2) is 11.3. The van der Waals surface area contributed by atoms with E-state index in [1.54, 1.807) is 30.6 Å². The molecule has 0 saturated heterocycles. The van der Waals surface area contributed by atoms with E-state index >= 15 is 0 Å². The first-order valence-corrected chi connectivity index (χ1v) is 11.4. The third kappa shape index (κ3) is 5.83. The molecule has 2 aromatic heterocycles. The highest BCUT2D eigenvalue weighted by atomic mass is 16.5. The van der Waals surface area contributed by atoms with E-state index in [-0.39, 0.29) is 29.6 Å². The molecular formula is C26H22B3N5O3. The SMILES string of the molecule is [B]C([B])=C([B])C(=O)N(CCOC)c1cccc(Nc2ncc3cc(-c4c(C)cc[nH]c4=O)ccc3n2)c1. The molecule has 0 fully saturated rings. The number of nitrogens with zero attached hydrogens (tertiary/aromatic N) is 3. The fraction of sp³-hybridized carbons (Fsp3) is 0.154. The summed E-state index contributed by atoms with van der Waals surface area (Å²) in [7, 11) is 18.4. The molecule has 2 heterocycles. The molecule has 11 heteroatoms. The van der Waals surface area contributed by atoms with Crippen molar-refractivity contribution in [3.05, 3.63) is 87.7 Å². The summed E-state index contributed by atoms with van der Waals surface area (Å²) in [6.45, 7) is 2.42. The van der Waals surface area contributed by atoms with Crippen LogP contribution < -0.4 is 15.8 Å². The van der Waals surface area contributed by atoms with Crippen LogP contribution >= 0.6 is 0 Å². The summed E-state index contributed by atoms with van der Waals surface area (Å²) in [5, 5.41) is 3.70. The molecular weight excluding hydrogens is 463 g/mol. The Hall–Kier alpha value is -4.11. The number of nitrogens with one attached hydrogen (secondary N) is 2. The molecule has 0 aliphatic heterocycles. The Morgan fingerprint density at radius 1 is 1.14 bits per heavy atom. The number of carbonyl (C=O) groups excluding carboxylic acids is 1. The fourth-order valence-corrected chi connectivity index (χ4v) is 3.86. The van der Waals surface area contributed by atoms with Gasteiger partial charge in [-0.1, -0.05) is 17.6 Å². The van der Waals surface area contributed by atoms with Crippen LogP contribution in [0, 0.1) is 6.92 Å². The van der Waals surface area contributed by atoms with Gasteiger partial charge < -0.3 is 19.9 Å². The highest BCUT2D eigenvalue weighted by Gasteiger charge is 2.18. The Morgan fingerprint density at radius 2 is 1.95 bits per heavy atom. The lowest BCUT2D eigenvalue weighted by Crippen LogP contribution is -2.35. The van der Waals surface area contributed by atoms with Gasteiger partial charge in [0.05, 0.1) is 27.8 Å². The van der Waals surface area contributed by atoms with Gasteiger partial charge in [-0.3, -0.25) is 9.59 Å². The number of rotatable bonds is 8. The maximum atomic E-state index is 12.8. The van der Waals surface area contributed by atoms with Gasteiger partial charge in [0.15, 0.2) is 0 Å². The van der Waals surface area contributed by atoms with E-state index in [4.69, 9.17) is 28.3 Å². The number of ether oxygens (including phenoxy) is 1. The predicted molar refractivity (Wildman–Crippen MR) is 149 cm³/mol. The van der Waals surface area contributed by atoms with Crippen molar-refractivity contribution in [1.82, 2.24) is 15.0 Å². The lowest BCUT2D eigenvalue weighted by molar-refractivity contribution is -0.114. The van der Waals surface area contributed by atoms with Gasteiger partial charge >= 0.3 is 0 Å². The Labute approximate surface area is 218 Å². The second-order valence-electron chi connectivity index (χ2n) is 8.33. The first-order valence-electron chi connectivity index (χ1n) is 11.4. The van der Waals surface area contributed by atoms with Gasteiger partial charge in [0, 0.05) is 48.4 Å². The van der Waals surface area contributed by atoms with Crippen molar-refractivity contribution in [3.63, 3.8) is 0 Å². The molecule has 0 bridgehead atoms. The van der Waals surface area contributed by atoms with Crippen molar-refractivity contribution >= 4 is 57.7 Å². The van der Waals surface area contributed by atoms with Crippen molar-refractivity contribution in [2.24, 2.45) is 0 Å². The van der Waals surface area contributed by atoms with E-state index in [1.165, 1.54) is 12.0 Å². The van der Waals surface area contributed by atoms with Crippen LogP contribution in [-0.2, 0) is 9.53 Å². The van der Waals surface area contributed by atoms with Crippen LogP contribution in [0.5, 0.6) is 0 Å². The third-order valence-electron chi connectivity index (χ3n) is 5.76. The number of amides is 1. The van der Waals surface area contributed by atoms with E-state index < -0.39 is 5.91 Å². The molecule has 0 unspecified atom stereocenters. The van der Waals surface area contributed by atoms with Crippen LogP contribution in [0.1, 0.15) is 5.56 Å². The summed E-state index contributed by atoms with van der Waals surface area (Å²) in [4.78, 5) is 38.3. The minimum absolute atomic E-state index is 0.150. The highest BCUT2D eigenvalue weighted by molar-refractivity contribution is 6.56. The highest BCUT2D eigenvalue weighted by Crippen LogP contribution is 2.26. The lowest BCUT2D eigenvalue weighted by Gasteiger charge is -2.24. The summed E-state index contributed by atoms with van der Waals surface area (Å²) in [5.74, 6) is -0.161. The van der Waals surface area contributed by atoms with Gasteiger partial charge in [-0.15, -0.1) is 0 Å². The topological polar surface area (TPSA) is 100 Å². The smallest absolute Gasteiger partial charge is 0.256 e. The average molecular weight is 485 g/mol. The number of pyridine rings is 1. The Morgan fingerprint density at radius 3 is 2.68 bits per heavy atom. The number of methoxy groups -OCH3 is 1. The van der Waals surface area contributed by atoms with Gasteiger partial charge in [0.1, 0.15) is 7.85 Å². The molecule has 178 valence electrons. The van der Waals surface area contributed by atoms with E-state index in [1.807, 2.05) is 37.3 Å². The lowest BCUT2D eigenvalue weighted by atomic mass is 9.69. The summed E-state index contributed by atoms with van der Waals surface area (Å²) in [5.41, 5.74) is 3.81. The number of benzene rings is 2. The number of fused-ring (bicyclic) bond motifs is 1. The van der Waals surface area contributed by atoms with Crippen LogP contribution in [-0.4, -0.2) is 64.7 Å². The number of hydrogen-bond donors (Lipinski definition) is 2. The van der Waals surface area contributed by atoms with Gasteiger partial charge in [-0.05, 0) is 54.4 Å². The maximum absolute atomic E-state index is 12.8. The zero-order valence-corrected chi connectivity index (χ0v) is 20.5. The van der Waals surface area contributed by atoms with Crippen molar-refractivity contribution < 1.29 is 9.53 Å². The van der Waals surface area contributed by atoms with Crippen molar-refractivity contribution in [2.45, 2.75) is 6.92 Å².